The fourth-order valence-corrected chi connectivity index (χ4v) is 6.91. The van der Waals surface area contributed by atoms with E-state index in [4.69, 9.17) is 11.6 Å². The third kappa shape index (κ3) is 3.03. The minimum Gasteiger partial charge on any atom is -0.207 e. The smallest absolute Gasteiger partial charge is 0.207 e. The fourth-order valence-electron chi connectivity index (χ4n) is 3.80. The van der Waals surface area contributed by atoms with Crippen LogP contribution in [0.25, 0.3) is 0 Å². The molecule has 0 atom stereocenters. The first-order chi connectivity index (χ1) is 10.1. The molecule has 2 aliphatic rings. The van der Waals surface area contributed by atoms with Crippen LogP contribution in [-0.2, 0) is 15.9 Å². The summed E-state index contributed by atoms with van der Waals surface area (Å²) in [4.78, 5) is 1.18. The predicted octanol–water partition coefficient (Wildman–Crippen LogP) is 4.22. The van der Waals surface area contributed by atoms with E-state index in [1.807, 2.05) is 5.38 Å². The first-order valence-corrected chi connectivity index (χ1v) is 10.6. The Kier molecular flexibility index (Phi) is 4.65. The zero-order chi connectivity index (χ0) is 14.9. The first kappa shape index (κ1) is 15.8. The van der Waals surface area contributed by atoms with Gasteiger partial charge < -0.3 is 0 Å². The third-order valence-corrected chi connectivity index (χ3v) is 8.60. The molecule has 6 heteroatoms. The van der Waals surface area contributed by atoms with Gasteiger partial charge in [0, 0.05) is 18.0 Å². The summed E-state index contributed by atoms with van der Waals surface area (Å²) in [7, 11) is -3.36. The molecular formula is C15H22ClNO2S2. The van der Waals surface area contributed by atoms with Gasteiger partial charge in [0.05, 0.1) is 10.8 Å². The van der Waals surface area contributed by atoms with E-state index in [0.717, 1.165) is 17.7 Å². The maximum absolute atomic E-state index is 12.8. The molecule has 21 heavy (non-hydrogen) atoms. The van der Waals surface area contributed by atoms with Gasteiger partial charge in [0.1, 0.15) is 0 Å². The summed E-state index contributed by atoms with van der Waals surface area (Å²) in [5, 5.41) is 1.82. The van der Waals surface area contributed by atoms with Gasteiger partial charge in [-0.25, -0.2) is 8.42 Å². The Morgan fingerprint density at radius 2 is 1.81 bits per heavy atom. The van der Waals surface area contributed by atoms with Gasteiger partial charge in [0.25, 0.3) is 0 Å². The van der Waals surface area contributed by atoms with Crippen molar-refractivity contribution in [1.29, 1.82) is 0 Å². The summed E-state index contributed by atoms with van der Waals surface area (Å²) in [5.41, 5.74) is 0.425. The second-order valence-corrected chi connectivity index (χ2v) is 9.48. The molecule has 1 aromatic heterocycles. The molecule has 1 spiro atoms. The highest BCUT2D eigenvalue weighted by Crippen LogP contribution is 2.45. The molecule has 0 N–H and O–H groups in total. The van der Waals surface area contributed by atoms with Gasteiger partial charge >= 0.3 is 0 Å². The van der Waals surface area contributed by atoms with Crippen molar-refractivity contribution < 1.29 is 8.42 Å². The van der Waals surface area contributed by atoms with Crippen LogP contribution >= 0.6 is 22.9 Å². The van der Waals surface area contributed by atoms with Gasteiger partial charge in [-0.3, -0.25) is 0 Å². The van der Waals surface area contributed by atoms with Gasteiger partial charge in [-0.15, -0.1) is 22.9 Å². The molecule has 1 aliphatic carbocycles. The van der Waals surface area contributed by atoms with Gasteiger partial charge in [0.15, 0.2) is 0 Å². The van der Waals surface area contributed by atoms with Gasteiger partial charge in [-0.1, -0.05) is 19.3 Å². The quantitative estimate of drug-likeness (QED) is 0.767. The summed E-state index contributed by atoms with van der Waals surface area (Å²) in [6.07, 6.45) is 8.58. The van der Waals surface area contributed by atoms with Gasteiger partial charge in [0.2, 0.25) is 10.0 Å². The molecule has 0 amide bonds. The molecule has 2 fully saturated rings. The Bertz CT molecular complexity index is 581. The number of alkyl halides is 1. The molecule has 118 valence electrons. The van der Waals surface area contributed by atoms with Crippen molar-refractivity contribution in [2.75, 3.05) is 13.1 Å². The van der Waals surface area contributed by atoms with Crippen molar-refractivity contribution in [2.45, 2.75) is 55.7 Å². The molecular weight excluding hydrogens is 326 g/mol. The van der Waals surface area contributed by atoms with E-state index in [1.54, 1.807) is 10.4 Å². The van der Waals surface area contributed by atoms with E-state index in [0.29, 0.717) is 23.4 Å². The fraction of sp³-hybridized carbons (Fsp3) is 0.733. The van der Waals surface area contributed by atoms with Crippen LogP contribution in [-0.4, -0.2) is 25.8 Å². The number of sulfonamides is 1. The molecule has 0 unspecified atom stereocenters. The van der Waals surface area contributed by atoms with Crippen molar-refractivity contribution in [2.24, 2.45) is 5.41 Å². The molecule has 1 aliphatic heterocycles. The highest BCUT2D eigenvalue weighted by Gasteiger charge is 2.39. The maximum Gasteiger partial charge on any atom is 0.244 e. The van der Waals surface area contributed by atoms with Crippen LogP contribution in [0.3, 0.4) is 0 Å². The highest BCUT2D eigenvalue weighted by molar-refractivity contribution is 7.89. The van der Waals surface area contributed by atoms with E-state index in [2.05, 4.69) is 0 Å². The second kappa shape index (κ2) is 6.19. The summed E-state index contributed by atoms with van der Waals surface area (Å²) in [6.45, 7) is 1.33. The lowest BCUT2D eigenvalue weighted by molar-refractivity contribution is 0.102. The van der Waals surface area contributed by atoms with E-state index >= 15 is 0 Å². The van der Waals surface area contributed by atoms with Crippen LogP contribution < -0.4 is 0 Å². The Hall–Kier alpha value is -0.100. The SMILES string of the molecule is O=S(=O)(c1ccsc1CCl)N1CCC2(CCCCC2)CC1. The maximum atomic E-state index is 12.8. The summed E-state index contributed by atoms with van der Waals surface area (Å²) in [5.74, 6) is 0.268. The van der Waals surface area contributed by atoms with Crippen molar-refractivity contribution in [3.63, 3.8) is 0 Å². The zero-order valence-corrected chi connectivity index (χ0v) is 14.6. The number of hydrogen-bond donors (Lipinski definition) is 0. The molecule has 0 aromatic carbocycles. The van der Waals surface area contributed by atoms with E-state index in [-0.39, 0.29) is 5.88 Å². The summed E-state index contributed by atoms with van der Waals surface area (Å²) < 4.78 is 27.2. The van der Waals surface area contributed by atoms with E-state index < -0.39 is 10.0 Å². The van der Waals surface area contributed by atoms with Gasteiger partial charge in [-0.05, 0) is 42.5 Å². The van der Waals surface area contributed by atoms with Crippen molar-refractivity contribution in [3.8, 4) is 0 Å². The van der Waals surface area contributed by atoms with Crippen LogP contribution in [0.15, 0.2) is 16.3 Å². The number of halogens is 1. The molecule has 0 bridgehead atoms. The lowest BCUT2D eigenvalue weighted by Gasteiger charge is -2.43. The molecule has 1 aromatic rings. The minimum absolute atomic E-state index is 0.268. The molecule has 1 saturated heterocycles. The Morgan fingerprint density at radius 1 is 1.14 bits per heavy atom. The molecule has 3 rings (SSSR count). The highest BCUT2D eigenvalue weighted by atomic mass is 35.5. The lowest BCUT2D eigenvalue weighted by atomic mass is 9.68. The molecule has 2 heterocycles. The topological polar surface area (TPSA) is 37.4 Å². The molecule has 3 nitrogen and oxygen atoms in total. The monoisotopic (exact) mass is 347 g/mol. The van der Waals surface area contributed by atoms with Crippen molar-refractivity contribution in [1.82, 2.24) is 4.31 Å². The predicted molar refractivity (Wildman–Crippen MR) is 87.4 cm³/mol. The van der Waals surface area contributed by atoms with E-state index in [1.165, 1.54) is 43.4 Å². The summed E-state index contributed by atoms with van der Waals surface area (Å²) in [6, 6.07) is 1.70. The molecule has 1 saturated carbocycles. The Balaban J connectivity index is 1.74. The zero-order valence-electron chi connectivity index (χ0n) is 12.2. The van der Waals surface area contributed by atoms with Crippen LogP contribution in [0.4, 0.5) is 0 Å². The lowest BCUT2D eigenvalue weighted by Crippen LogP contribution is -2.43. The Morgan fingerprint density at radius 3 is 2.43 bits per heavy atom. The summed E-state index contributed by atoms with van der Waals surface area (Å²) >= 11 is 7.29. The number of nitrogens with zero attached hydrogens (tertiary/aromatic N) is 1. The van der Waals surface area contributed by atoms with Crippen molar-refractivity contribution in [3.05, 3.63) is 16.3 Å². The first-order valence-electron chi connectivity index (χ1n) is 7.70. The number of hydrogen-bond acceptors (Lipinski definition) is 3. The largest absolute Gasteiger partial charge is 0.244 e. The third-order valence-electron chi connectivity index (χ3n) is 5.14. The van der Waals surface area contributed by atoms with E-state index in [9.17, 15) is 8.42 Å². The normalized spacial score (nSPS) is 23.5. The average molecular weight is 348 g/mol. The van der Waals surface area contributed by atoms with Crippen molar-refractivity contribution >= 4 is 33.0 Å². The second-order valence-electron chi connectivity index (χ2n) is 6.31. The average Bonchev–Trinajstić information content (AvgIpc) is 2.98. The minimum atomic E-state index is -3.36. The van der Waals surface area contributed by atoms with Crippen LogP contribution in [0, 0.1) is 5.41 Å². The number of thiophene rings is 1. The standard InChI is InChI=1S/C15H22ClNO2S2/c16-12-13-14(4-11-20-13)21(18,19)17-9-7-15(8-10-17)5-2-1-3-6-15/h4,11H,1-3,5-10,12H2. The van der Waals surface area contributed by atoms with Crippen LogP contribution in [0.1, 0.15) is 49.8 Å². The number of rotatable bonds is 3. The Labute approximate surface area is 136 Å². The molecule has 0 radical (unpaired) electrons. The van der Waals surface area contributed by atoms with Crippen LogP contribution in [0.5, 0.6) is 0 Å². The number of piperidine rings is 1. The van der Waals surface area contributed by atoms with Crippen LogP contribution in [0.2, 0.25) is 0 Å². The van der Waals surface area contributed by atoms with Gasteiger partial charge in [-0.2, -0.15) is 4.31 Å².